The molecule has 0 aliphatic heterocycles. The fourth-order valence-corrected chi connectivity index (χ4v) is 4.25. The van der Waals surface area contributed by atoms with E-state index in [0.29, 0.717) is 23.6 Å². The lowest BCUT2D eigenvalue weighted by Crippen LogP contribution is -2.52. The van der Waals surface area contributed by atoms with Crippen LogP contribution in [-0.2, 0) is 14.8 Å². The predicted molar refractivity (Wildman–Crippen MR) is 119 cm³/mol. The molecule has 2 atom stereocenters. The normalized spacial score (nSPS) is 13.2. The summed E-state index contributed by atoms with van der Waals surface area (Å²) in [5.74, 6) is 0.838. The maximum Gasteiger partial charge on any atom is 0.244 e. The van der Waals surface area contributed by atoms with Gasteiger partial charge in [-0.2, -0.15) is 0 Å². The number of aryl methyl sites for hydroxylation is 1. The smallest absolute Gasteiger partial charge is 0.244 e. The molecule has 0 heterocycles. The predicted octanol–water partition coefficient (Wildman–Crippen LogP) is 3.13. The SMILES string of the molecule is CC[C@H](C(=O)N[C@@H](C)COc1ccc(C)cc1)N(c1cccc(OC)c1)S(C)(=O)=O. The summed E-state index contributed by atoms with van der Waals surface area (Å²) in [5.41, 5.74) is 1.51. The van der Waals surface area contributed by atoms with E-state index >= 15 is 0 Å². The molecule has 0 saturated carbocycles. The van der Waals surface area contributed by atoms with Gasteiger partial charge in [0.2, 0.25) is 15.9 Å². The third-order valence-electron chi connectivity index (χ3n) is 4.55. The number of rotatable bonds is 10. The lowest BCUT2D eigenvalue weighted by molar-refractivity contribution is -0.123. The maximum atomic E-state index is 13.0. The number of benzene rings is 2. The van der Waals surface area contributed by atoms with E-state index in [-0.39, 0.29) is 18.6 Å². The van der Waals surface area contributed by atoms with Crippen LogP contribution in [0.5, 0.6) is 11.5 Å². The Morgan fingerprint density at radius 3 is 2.37 bits per heavy atom. The topological polar surface area (TPSA) is 84.9 Å². The molecule has 30 heavy (non-hydrogen) atoms. The van der Waals surface area contributed by atoms with Gasteiger partial charge in [-0.1, -0.05) is 30.7 Å². The maximum absolute atomic E-state index is 13.0. The van der Waals surface area contributed by atoms with E-state index in [1.807, 2.05) is 38.1 Å². The van der Waals surface area contributed by atoms with Crippen LogP contribution in [0.4, 0.5) is 5.69 Å². The standard InChI is InChI=1S/C22H30N2O5S/c1-6-21(24(30(5,26)27)18-8-7-9-20(14-18)28-4)22(25)23-17(3)15-29-19-12-10-16(2)11-13-19/h7-14,17,21H,6,15H2,1-5H3,(H,23,25)/t17-,21+/m0/s1. The van der Waals surface area contributed by atoms with Gasteiger partial charge in [-0.05, 0) is 44.5 Å². The van der Waals surface area contributed by atoms with Crippen molar-refractivity contribution >= 4 is 21.6 Å². The molecule has 8 heteroatoms. The van der Waals surface area contributed by atoms with Gasteiger partial charge in [0.05, 0.1) is 25.1 Å². The minimum Gasteiger partial charge on any atom is -0.497 e. The van der Waals surface area contributed by atoms with Crippen LogP contribution < -0.4 is 19.1 Å². The molecule has 1 N–H and O–H groups in total. The molecule has 2 aromatic rings. The number of nitrogens with one attached hydrogen (secondary N) is 1. The molecule has 0 aromatic heterocycles. The number of hydrogen-bond donors (Lipinski definition) is 1. The first kappa shape index (κ1) is 23.5. The Morgan fingerprint density at radius 2 is 1.80 bits per heavy atom. The summed E-state index contributed by atoms with van der Waals surface area (Å²) in [4.78, 5) is 13.0. The molecule has 0 spiro atoms. The number of hydrogen-bond acceptors (Lipinski definition) is 5. The first-order valence-electron chi connectivity index (χ1n) is 9.79. The van der Waals surface area contributed by atoms with Crippen LogP contribution in [-0.4, -0.2) is 46.4 Å². The first-order valence-corrected chi connectivity index (χ1v) is 11.6. The zero-order chi connectivity index (χ0) is 22.3. The molecule has 0 unspecified atom stereocenters. The van der Waals surface area contributed by atoms with E-state index in [0.717, 1.165) is 16.1 Å². The Hall–Kier alpha value is -2.74. The summed E-state index contributed by atoms with van der Waals surface area (Å²) in [6.07, 6.45) is 1.40. The largest absolute Gasteiger partial charge is 0.497 e. The highest BCUT2D eigenvalue weighted by atomic mass is 32.2. The van der Waals surface area contributed by atoms with Crippen LogP contribution >= 0.6 is 0 Å². The van der Waals surface area contributed by atoms with Crippen LogP contribution in [0.1, 0.15) is 25.8 Å². The van der Waals surface area contributed by atoms with Crippen molar-refractivity contribution < 1.29 is 22.7 Å². The van der Waals surface area contributed by atoms with Crippen LogP contribution in [0.25, 0.3) is 0 Å². The third kappa shape index (κ3) is 6.38. The highest BCUT2D eigenvalue weighted by Gasteiger charge is 2.32. The number of ether oxygens (including phenoxy) is 2. The van der Waals surface area contributed by atoms with Crippen molar-refractivity contribution in [2.45, 2.75) is 39.3 Å². The van der Waals surface area contributed by atoms with Gasteiger partial charge >= 0.3 is 0 Å². The first-order chi connectivity index (χ1) is 14.2. The van der Waals surface area contributed by atoms with E-state index in [1.54, 1.807) is 31.2 Å². The van der Waals surface area contributed by atoms with Gasteiger partial charge in [0.25, 0.3) is 0 Å². The van der Waals surface area contributed by atoms with Crippen molar-refractivity contribution in [1.82, 2.24) is 5.32 Å². The molecular formula is C22H30N2O5S. The monoisotopic (exact) mass is 434 g/mol. The molecule has 0 radical (unpaired) electrons. The van der Waals surface area contributed by atoms with Crippen LogP contribution in [0.3, 0.4) is 0 Å². The van der Waals surface area contributed by atoms with E-state index in [2.05, 4.69) is 5.32 Å². The number of anilines is 1. The van der Waals surface area contributed by atoms with E-state index in [4.69, 9.17) is 9.47 Å². The van der Waals surface area contributed by atoms with Gasteiger partial charge in [0, 0.05) is 6.07 Å². The van der Waals surface area contributed by atoms with Gasteiger partial charge in [-0.15, -0.1) is 0 Å². The summed E-state index contributed by atoms with van der Waals surface area (Å²) in [5, 5.41) is 2.86. The number of methoxy groups -OCH3 is 1. The van der Waals surface area contributed by atoms with Gasteiger partial charge in [-0.25, -0.2) is 8.42 Å². The van der Waals surface area contributed by atoms with Gasteiger partial charge < -0.3 is 14.8 Å². The van der Waals surface area contributed by atoms with E-state index in [9.17, 15) is 13.2 Å². The minimum absolute atomic E-state index is 0.267. The van der Waals surface area contributed by atoms with Crippen molar-refractivity contribution in [3.05, 3.63) is 54.1 Å². The van der Waals surface area contributed by atoms with Crippen LogP contribution in [0, 0.1) is 6.92 Å². The molecule has 0 fully saturated rings. The summed E-state index contributed by atoms with van der Waals surface area (Å²) >= 11 is 0. The van der Waals surface area contributed by atoms with Crippen LogP contribution in [0.15, 0.2) is 48.5 Å². The highest BCUT2D eigenvalue weighted by Crippen LogP contribution is 2.26. The second-order valence-electron chi connectivity index (χ2n) is 7.22. The molecule has 1 amide bonds. The fraction of sp³-hybridized carbons (Fsp3) is 0.409. The highest BCUT2D eigenvalue weighted by molar-refractivity contribution is 7.92. The van der Waals surface area contributed by atoms with Crippen molar-refractivity contribution in [2.24, 2.45) is 0 Å². The molecule has 164 valence electrons. The zero-order valence-electron chi connectivity index (χ0n) is 18.1. The Kier molecular flexibility index (Phi) is 8.11. The molecule has 0 aliphatic carbocycles. The second kappa shape index (κ2) is 10.3. The molecule has 2 aromatic carbocycles. The summed E-state index contributed by atoms with van der Waals surface area (Å²) < 4.78 is 37.1. The molecule has 7 nitrogen and oxygen atoms in total. The summed E-state index contributed by atoms with van der Waals surface area (Å²) in [6.45, 7) is 5.85. The van der Waals surface area contributed by atoms with E-state index in [1.165, 1.54) is 7.11 Å². The van der Waals surface area contributed by atoms with Crippen molar-refractivity contribution in [1.29, 1.82) is 0 Å². The lowest BCUT2D eigenvalue weighted by atomic mass is 10.1. The number of nitrogens with zero attached hydrogens (tertiary/aromatic N) is 1. The van der Waals surface area contributed by atoms with Gasteiger partial charge in [0.15, 0.2) is 0 Å². The molecule has 0 bridgehead atoms. The molecule has 0 saturated heterocycles. The van der Waals surface area contributed by atoms with Crippen molar-refractivity contribution in [3.8, 4) is 11.5 Å². The van der Waals surface area contributed by atoms with E-state index < -0.39 is 16.1 Å². The second-order valence-corrected chi connectivity index (χ2v) is 9.08. The number of sulfonamides is 1. The molecule has 2 rings (SSSR count). The van der Waals surface area contributed by atoms with Crippen molar-refractivity contribution in [3.63, 3.8) is 0 Å². The summed E-state index contributed by atoms with van der Waals surface area (Å²) in [6, 6.07) is 13.1. The average molecular weight is 435 g/mol. The third-order valence-corrected chi connectivity index (χ3v) is 5.73. The van der Waals surface area contributed by atoms with Crippen molar-refractivity contribution in [2.75, 3.05) is 24.3 Å². The Bertz CT molecular complexity index is 944. The minimum atomic E-state index is -3.71. The van der Waals surface area contributed by atoms with Gasteiger partial charge in [-0.3, -0.25) is 9.10 Å². The molecular weight excluding hydrogens is 404 g/mol. The van der Waals surface area contributed by atoms with Crippen LogP contribution in [0.2, 0.25) is 0 Å². The number of carbonyl (C=O) groups is 1. The fourth-order valence-electron chi connectivity index (χ4n) is 3.04. The van der Waals surface area contributed by atoms with Gasteiger partial charge in [0.1, 0.15) is 24.1 Å². The Labute approximate surface area is 179 Å². The number of amides is 1. The summed E-state index contributed by atoms with van der Waals surface area (Å²) in [7, 11) is -2.21. The molecule has 0 aliphatic rings. The number of carbonyl (C=O) groups excluding carboxylic acids is 1. The lowest BCUT2D eigenvalue weighted by Gasteiger charge is -2.31. The average Bonchev–Trinajstić information content (AvgIpc) is 2.70. The quantitative estimate of drug-likeness (QED) is 0.621. The Balaban J connectivity index is 2.13. The zero-order valence-corrected chi connectivity index (χ0v) is 18.9. The Morgan fingerprint density at radius 1 is 1.13 bits per heavy atom.